The third-order valence-corrected chi connectivity index (χ3v) is 4.51. The summed E-state index contributed by atoms with van der Waals surface area (Å²) in [6.45, 7) is 15.2. The van der Waals surface area contributed by atoms with Gasteiger partial charge < -0.3 is 15.3 Å². The van der Waals surface area contributed by atoms with Crippen LogP contribution >= 0.6 is 0 Å². The third kappa shape index (κ3) is 6.25. The molecule has 1 fully saturated rings. The van der Waals surface area contributed by atoms with E-state index >= 15 is 0 Å². The van der Waals surface area contributed by atoms with Gasteiger partial charge in [0.15, 0.2) is 0 Å². The lowest BCUT2D eigenvalue weighted by atomic mass is 9.86. The Kier molecular flexibility index (Phi) is 7.33. The van der Waals surface area contributed by atoms with Crippen LogP contribution in [0.2, 0.25) is 0 Å². The molecule has 3 unspecified atom stereocenters. The van der Waals surface area contributed by atoms with Crippen molar-refractivity contribution < 1.29 is 9.90 Å². The molecule has 0 saturated carbocycles. The Morgan fingerprint density at radius 3 is 2.45 bits per heavy atom. The van der Waals surface area contributed by atoms with E-state index in [2.05, 4.69) is 31.0 Å². The van der Waals surface area contributed by atoms with Crippen LogP contribution in [0.5, 0.6) is 0 Å². The number of hydrogen-bond donors (Lipinski definition) is 2. The first kappa shape index (κ1) is 19.4. The van der Waals surface area contributed by atoms with E-state index in [4.69, 9.17) is 0 Å². The van der Waals surface area contributed by atoms with Crippen molar-refractivity contribution in [2.45, 2.75) is 73.0 Å². The van der Waals surface area contributed by atoms with Gasteiger partial charge >= 0.3 is 0 Å². The van der Waals surface area contributed by atoms with Crippen molar-refractivity contribution >= 4 is 5.91 Å². The largest absolute Gasteiger partial charge is 0.393 e. The van der Waals surface area contributed by atoms with Gasteiger partial charge in [-0.1, -0.05) is 41.5 Å². The van der Waals surface area contributed by atoms with Crippen LogP contribution in [0.1, 0.15) is 60.8 Å². The Labute approximate surface area is 136 Å². The van der Waals surface area contributed by atoms with Crippen LogP contribution in [0.15, 0.2) is 0 Å². The van der Waals surface area contributed by atoms with E-state index in [1.807, 2.05) is 20.8 Å². The van der Waals surface area contributed by atoms with Crippen molar-refractivity contribution in [1.82, 2.24) is 10.2 Å². The number of likely N-dealkylation sites (tertiary alicyclic amines) is 1. The summed E-state index contributed by atoms with van der Waals surface area (Å²) in [6, 6.07) is 0.205. The molecule has 130 valence electrons. The Morgan fingerprint density at radius 2 is 1.95 bits per heavy atom. The Hall–Kier alpha value is -0.610. The summed E-state index contributed by atoms with van der Waals surface area (Å²) in [7, 11) is 0. The quantitative estimate of drug-likeness (QED) is 0.793. The molecule has 0 aliphatic carbocycles. The Bertz CT molecular complexity index is 349. The molecule has 1 saturated heterocycles. The minimum Gasteiger partial charge on any atom is -0.393 e. The predicted molar refractivity (Wildman–Crippen MR) is 91.7 cm³/mol. The lowest BCUT2D eigenvalue weighted by Crippen LogP contribution is -2.53. The summed E-state index contributed by atoms with van der Waals surface area (Å²) < 4.78 is 0. The number of carbonyl (C=O) groups is 1. The monoisotopic (exact) mass is 312 g/mol. The smallest absolute Gasteiger partial charge is 0.225 e. The van der Waals surface area contributed by atoms with Gasteiger partial charge in [0.2, 0.25) is 5.91 Å². The minimum atomic E-state index is -0.347. The number of aliphatic hydroxyl groups excluding tert-OH is 1. The van der Waals surface area contributed by atoms with E-state index in [0.29, 0.717) is 11.8 Å². The average Bonchev–Trinajstić information content (AvgIpc) is 2.37. The Balaban J connectivity index is 2.66. The molecule has 4 nitrogen and oxygen atoms in total. The van der Waals surface area contributed by atoms with E-state index in [1.165, 1.54) is 0 Å². The van der Waals surface area contributed by atoms with Crippen molar-refractivity contribution in [2.75, 3.05) is 19.6 Å². The predicted octanol–water partition coefficient (Wildman–Crippen LogP) is 2.66. The van der Waals surface area contributed by atoms with E-state index in [1.54, 1.807) is 0 Å². The van der Waals surface area contributed by atoms with Gasteiger partial charge in [-0.3, -0.25) is 4.79 Å². The SMILES string of the molecule is CCCN1CC(CC(O)C(C)C)CC(NC(=O)C(C)(C)C)C1. The van der Waals surface area contributed by atoms with Crippen LogP contribution < -0.4 is 5.32 Å². The number of rotatable bonds is 6. The van der Waals surface area contributed by atoms with Crippen molar-refractivity contribution in [3.05, 3.63) is 0 Å². The zero-order valence-corrected chi connectivity index (χ0v) is 15.4. The van der Waals surface area contributed by atoms with Gasteiger partial charge in [0.05, 0.1) is 6.10 Å². The van der Waals surface area contributed by atoms with Crippen molar-refractivity contribution in [1.29, 1.82) is 0 Å². The number of carbonyl (C=O) groups excluding carboxylic acids is 1. The van der Waals surface area contributed by atoms with Crippen LogP contribution in [-0.2, 0) is 4.79 Å². The minimum absolute atomic E-state index is 0.124. The highest BCUT2D eigenvalue weighted by atomic mass is 16.3. The summed E-state index contributed by atoms with van der Waals surface area (Å²) in [5.41, 5.74) is -0.347. The zero-order valence-electron chi connectivity index (χ0n) is 15.4. The molecule has 0 aromatic carbocycles. The van der Waals surface area contributed by atoms with Gasteiger partial charge in [-0.05, 0) is 37.6 Å². The summed E-state index contributed by atoms with van der Waals surface area (Å²) in [4.78, 5) is 14.7. The normalized spacial score (nSPS) is 25.3. The second kappa shape index (κ2) is 8.30. The topological polar surface area (TPSA) is 52.6 Å². The van der Waals surface area contributed by atoms with Crippen LogP contribution in [0.4, 0.5) is 0 Å². The molecule has 22 heavy (non-hydrogen) atoms. The van der Waals surface area contributed by atoms with E-state index < -0.39 is 0 Å². The Morgan fingerprint density at radius 1 is 1.32 bits per heavy atom. The number of hydrogen-bond acceptors (Lipinski definition) is 3. The number of aliphatic hydroxyl groups is 1. The van der Waals surface area contributed by atoms with E-state index in [-0.39, 0.29) is 23.5 Å². The fraction of sp³-hybridized carbons (Fsp3) is 0.944. The van der Waals surface area contributed by atoms with E-state index in [9.17, 15) is 9.90 Å². The highest BCUT2D eigenvalue weighted by molar-refractivity contribution is 5.81. The van der Waals surface area contributed by atoms with Crippen molar-refractivity contribution in [3.63, 3.8) is 0 Å². The van der Waals surface area contributed by atoms with Gasteiger partial charge in [-0.25, -0.2) is 0 Å². The second-order valence-electron chi connectivity index (χ2n) is 8.33. The van der Waals surface area contributed by atoms with Crippen LogP contribution in [-0.4, -0.2) is 47.7 Å². The summed E-state index contributed by atoms with van der Waals surface area (Å²) in [5, 5.41) is 13.4. The van der Waals surface area contributed by atoms with Gasteiger partial charge in [0, 0.05) is 24.5 Å². The van der Waals surface area contributed by atoms with Crippen molar-refractivity contribution in [3.8, 4) is 0 Å². The van der Waals surface area contributed by atoms with Gasteiger partial charge in [-0.15, -0.1) is 0 Å². The van der Waals surface area contributed by atoms with Gasteiger partial charge in [-0.2, -0.15) is 0 Å². The van der Waals surface area contributed by atoms with Gasteiger partial charge in [0.25, 0.3) is 0 Å². The van der Waals surface area contributed by atoms with E-state index in [0.717, 1.165) is 38.9 Å². The summed E-state index contributed by atoms with van der Waals surface area (Å²) in [5.74, 6) is 0.881. The molecule has 0 bridgehead atoms. The molecule has 1 aliphatic rings. The maximum absolute atomic E-state index is 12.3. The molecule has 0 spiro atoms. The first-order valence-electron chi connectivity index (χ1n) is 8.84. The molecule has 1 heterocycles. The highest BCUT2D eigenvalue weighted by Gasteiger charge is 2.31. The zero-order chi connectivity index (χ0) is 16.9. The summed E-state index contributed by atoms with van der Waals surface area (Å²) in [6.07, 6.45) is 2.69. The first-order chi connectivity index (χ1) is 10.1. The number of nitrogens with one attached hydrogen (secondary N) is 1. The molecule has 1 rings (SSSR count). The molecule has 3 atom stereocenters. The molecule has 1 amide bonds. The first-order valence-corrected chi connectivity index (χ1v) is 8.84. The van der Waals surface area contributed by atoms with Crippen LogP contribution in [0.25, 0.3) is 0 Å². The number of nitrogens with zero attached hydrogens (tertiary/aromatic N) is 1. The van der Waals surface area contributed by atoms with Crippen LogP contribution in [0, 0.1) is 17.3 Å². The average molecular weight is 312 g/mol. The molecular formula is C18H36N2O2. The molecule has 0 aromatic rings. The molecular weight excluding hydrogens is 276 g/mol. The summed E-state index contributed by atoms with van der Waals surface area (Å²) >= 11 is 0. The highest BCUT2D eigenvalue weighted by Crippen LogP contribution is 2.25. The molecule has 2 N–H and O–H groups in total. The second-order valence-corrected chi connectivity index (χ2v) is 8.33. The number of piperidine rings is 1. The molecule has 0 radical (unpaired) electrons. The van der Waals surface area contributed by atoms with Crippen LogP contribution in [0.3, 0.4) is 0 Å². The fourth-order valence-corrected chi connectivity index (χ4v) is 3.09. The standard InChI is InChI=1S/C18H36N2O2/c1-7-8-20-11-14(10-16(21)13(2)3)9-15(12-20)19-17(22)18(4,5)6/h13-16,21H,7-12H2,1-6H3,(H,19,22). The van der Waals surface area contributed by atoms with Crippen molar-refractivity contribution in [2.24, 2.45) is 17.3 Å². The maximum Gasteiger partial charge on any atom is 0.225 e. The fourth-order valence-electron chi connectivity index (χ4n) is 3.09. The third-order valence-electron chi connectivity index (χ3n) is 4.51. The maximum atomic E-state index is 12.3. The van der Waals surface area contributed by atoms with Gasteiger partial charge in [0.1, 0.15) is 0 Å². The molecule has 1 aliphatic heterocycles. The molecule has 0 aromatic heterocycles. The lowest BCUT2D eigenvalue weighted by Gasteiger charge is -2.39. The molecule has 4 heteroatoms. The lowest BCUT2D eigenvalue weighted by molar-refractivity contribution is -0.129. The number of amides is 1.